The minimum Gasteiger partial charge on any atom is -0.436 e. The number of hydrogen-bond acceptors (Lipinski definition) is 3. The van der Waals surface area contributed by atoms with E-state index in [4.69, 9.17) is 12.3 Å². The van der Waals surface area contributed by atoms with Gasteiger partial charge in [0.05, 0.1) is 0 Å². The largest absolute Gasteiger partial charge is 0.436 e. The van der Waals surface area contributed by atoms with Gasteiger partial charge in [-0.15, -0.1) is 0 Å². The van der Waals surface area contributed by atoms with Crippen LogP contribution in [0.15, 0.2) is 30.3 Å². The lowest BCUT2D eigenvalue weighted by atomic mass is 10.3. The van der Waals surface area contributed by atoms with Crippen molar-refractivity contribution in [3.63, 3.8) is 0 Å². The zero-order valence-electron chi connectivity index (χ0n) is 18.4. The van der Waals surface area contributed by atoms with E-state index in [1.807, 2.05) is 56.5 Å². The molecule has 0 bridgehead atoms. The summed E-state index contributed by atoms with van der Waals surface area (Å²) in [4.78, 5) is 0. The SMILES string of the molecule is C[Si](C)(C)O[Si](C)(O[Si](C)(C)O[Si](C)(C)CCCC(F)(F)F)c1ccccc1. The van der Waals surface area contributed by atoms with Crippen LogP contribution in [0.1, 0.15) is 12.8 Å². The average molecular weight is 469 g/mol. The molecule has 0 saturated carbocycles. The second-order valence-electron chi connectivity index (χ2n) is 9.36. The smallest absolute Gasteiger partial charge is 0.389 e. The quantitative estimate of drug-likeness (QED) is 0.388. The molecule has 0 heterocycles. The maximum absolute atomic E-state index is 12.5. The number of halogens is 3. The summed E-state index contributed by atoms with van der Waals surface area (Å²) in [7, 11) is -9.50. The first-order valence-electron chi connectivity index (χ1n) is 9.66. The average Bonchev–Trinajstić information content (AvgIpc) is 2.42. The topological polar surface area (TPSA) is 27.7 Å². The van der Waals surface area contributed by atoms with E-state index in [1.54, 1.807) is 0 Å². The molecule has 0 spiro atoms. The lowest BCUT2D eigenvalue weighted by Gasteiger charge is -2.42. The molecule has 0 aliphatic carbocycles. The van der Waals surface area contributed by atoms with Crippen LogP contribution in [-0.2, 0) is 12.3 Å². The standard InChI is InChI=1S/C18H35F3O3Si4/c1-25(2,3)22-28(8,17-13-10-9-11-14-17)24-27(6,7)23-26(4,5)16-12-15-18(19,20)21/h9-11,13-14H,12,15-16H2,1-8H3. The van der Waals surface area contributed by atoms with Crippen molar-refractivity contribution < 1.29 is 25.5 Å². The van der Waals surface area contributed by atoms with Crippen LogP contribution in [0, 0.1) is 0 Å². The summed E-state index contributed by atoms with van der Waals surface area (Å²) in [5.74, 6) is 0. The van der Waals surface area contributed by atoms with E-state index in [2.05, 4.69) is 26.2 Å². The second kappa shape index (κ2) is 9.27. The number of hydrogen-bond donors (Lipinski definition) is 0. The minimum atomic E-state index is -4.11. The molecule has 1 aromatic rings. The van der Waals surface area contributed by atoms with Crippen LogP contribution >= 0.6 is 0 Å². The first-order valence-corrected chi connectivity index (χ1v) is 21.3. The third kappa shape index (κ3) is 9.99. The molecule has 1 unspecified atom stereocenters. The van der Waals surface area contributed by atoms with Crippen LogP contribution in [0.3, 0.4) is 0 Å². The normalized spacial score (nSPS) is 16.1. The summed E-state index contributed by atoms with van der Waals surface area (Å²) in [5.41, 5.74) is 0. The summed E-state index contributed by atoms with van der Waals surface area (Å²) < 4.78 is 57.1. The van der Waals surface area contributed by atoms with Gasteiger partial charge in [-0.25, -0.2) is 0 Å². The van der Waals surface area contributed by atoms with E-state index in [0.29, 0.717) is 6.04 Å². The molecule has 1 aromatic carbocycles. The molecule has 0 amide bonds. The Morgan fingerprint density at radius 2 is 1.32 bits per heavy atom. The Labute approximate surface area is 172 Å². The molecule has 28 heavy (non-hydrogen) atoms. The molecule has 3 nitrogen and oxygen atoms in total. The molecule has 1 rings (SSSR count). The highest BCUT2D eigenvalue weighted by molar-refractivity contribution is 6.94. The number of rotatable bonds is 10. The number of benzene rings is 1. The van der Waals surface area contributed by atoms with Gasteiger partial charge in [0, 0.05) is 6.42 Å². The van der Waals surface area contributed by atoms with Crippen molar-refractivity contribution in [3.05, 3.63) is 30.3 Å². The molecular formula is C18H35F3O3Si4. The Morgan fingerprint density at radius 1 is 0.786 bits per heavy atom. The maximum atomic E-state index is 12.5. The van der Waals surface area contributed by atoms with Crippen molar-refractivity contribution in [2.24, 2.45) is 0 Å². The van der Waals surface area contributed by atoms with Gasteiger partial charge in [0.1, 0.15) is 0 Å². The zero-order valence-corrected chi connectivity index (χ0v) is 22.4. The van der Waals surface area contributed by atoms with Gasteiger partial charge in [-0.3, -0.25) is 0 Å². The van der Waals surface area contributed by atoms with Gasteiger partial charge in [0.25, 0.3) is 0 Å². The van der Waals surface area contributed by atoms with Gasteiger partial charge < -0.3 is 12.3 Å². The molecule has 0 N–H and O–H groups in total. The summed E-state index contributed by atoms with van der Waals surface area (Å²) in [6.45, 7) is 16.4. The fourth-order valence-electron chi connectivity index (χ4n) is 3.38. The first kappa shape index (κ1) is 25.8. The fraction of sp³-hybridized carbons (Fsp3) is 0.667. The third-order valence-electron chi connectivity index (χ3n) is 4.00. The van der Waals surface area contributed by atoms with E-state index >= 15 is 0 Å². The lowest BCUT2D eigenvalue weighted by molar-refractivity contribution is -0.134. The molecule has 1 atom stereocenters. The molecule has 162 valence electrons. The highest BCUT2D eigenvalue weighted by atomic mass is 28.5. The van der Waals surface area contributed by atoms with Crippen molar-refractivity contribution in [2.75, 3.05) is 0 Å². The monoisotopic (exact) mass is 468 g/mol. The molecule has 0 aliphatic rings. The highest BCUT2D eigenvalue weighted by Gasteiger charge is 2.46. The summed E-state index contributed by atoms with van der Waals surface area (Å²) in [6.07, 6.45) is -4.77. The van der Waals surface area contributed by atoms with Crippen LogP contribution in [0.25, 0.3) is 0 Å². The van der Waals surface area contributed by atoms with Crippen molar-refractivity contribution in [3.8, 4) is 0 Å². The van der Waals surface area contributed by atoms with Gasteiger partial charge in [-0.05, 0) is 70.0 Å². The third-order valence-corrected chi connectivity index (χ3v) is 18.6. The summed E-state index contributed by atoms with van der Waals surface area (Å²) in [6, 6.07) is 10.4. The van der Waals surface area contributed by atoms with Crippen LogP contribution in [0.2, 0.25) is 58.4 Å². The van der Waals surface area contributed by atoms with E-state index in [-0.39, 0.29) is 6.42 Å². The van der Waals surface area contributed by atoms with Gasteiger partial charge in [0.15, 0.2) is 16.6 Å². The summed E-state index contributed by atoms with van der Waals surface area (Å²) >= 11 is 0. The highest BCUT2D eigenvalue weighted by Crippen LogP contribution is 2.29. The molecule has 0 aliphatic heterocycles. The molecule has 0 radical (unpaired) electrons. The van der Waals surface area contributed by atoms with Crippen molar-refractivity contribution in [1.82, 2.24) is 0 Å². The predicted octanol–water partition coefficient (Wildman–Crippen LogP) is 6.10. The predicted molar refractivity (Wildman–Crippen MR) is 119 cm³/mol. The van der Waals surface area contributed by atoms with Gasteiger partial charge >= 0.3 is 23.3 Å². The molecular weight excluding hydrogens is 434 g/mol. The van der Waals surface area contributed by atoms with Crippen molar-refractivity contribution in [1.29, 1.82) is 0 Å². The Morgan fingerprint density at radius 3 is 1.79 bits per heavy atom. The lowest BCUT2D eigenvalue weighted by Crippen LogP contribution is -2.63. The first-order chi connectivity index (χ1) is 12.4. The van der Waals surface area contributed by atoms with Gasteiger partial charge in [-0.2, -0.15) is 13.2 Å². The van der Waals surface area contributed by atoms with Gasteiger partial charge in [0.2, 0.25) is 0 Å². The van der Waals surface area contributed by atoms with Crippen LogP contribution in [0.4, 0.5) is 13.2 Å². The Kier molecular flexibility index (Phi) is 8.54. The van der Waals surface area contributed by atoms with E-state index in [1.165, 1.54) is 0 Å². The Balaban J connectivity index is 2.94. The molecule has 0 aromatic heterocycles. The van der Waals surface area contributed by atoms with Crippen LogP contribution < -0.4 is 5.19 Å². The Hall–Kier alpha value is -0.242. The van der Waals surface area contributed by atoms with Crippen LogP contribution in [0.5, 0.6) is 0 Å². The molecule has 10 heteroatoms. The second-order valence-corrected chi connectivity index (χ2v) is 25.3. The van der Waals surface area contributed by atoms with E-state index in [0.717, 1.165) is 5.19 Å². The maximum Gasteiger partial charge on any atom is 0.389 e. The van der Waals surface area contributed by atoms with Crippen molar-refractivity contribution in [2.45, 2.75) is 77.4 Å². The molecule has 0 saturated heterocycles. The van der Waals surface area contributed by atoms with Crippen molar-refractivity contribution >= 4 is 38.9 Å². The fourth-order valence-corrected chi connectivity index (χ4v) is 21.4. The molecule has 0 fully saturated rings. The zero-order chi connectivity index (χ0) is 21.9. The minimum absolute atomic E-state index is 0.103. The number of alkyl halides is 3. The summed E-state index contributed by atoms with van der Waals surface area (Å²) in [5, 5.41) is 1.05. The van der Waals surface area contributed by atoms with Gasteiger partial charge in [-0.1, -0.05) is 30.3 Å². The van der Waals surface area contributed by atoms with Crippen LogP contribution in [-0.4, -0.2) is 39.9 Å². The van der Waals surface area contributed by atoms with E-state index in [9.17, 15) is 13.2 Å². The Bertz CT molecular complexity index is 619. The van der Waals surface area contributed by atoms with E-state index < -0.39 is 46.4 Å².